The van der Waals surface area contributed by atoms with Crippen LogP contribution in [0.4, 0.5) is 0 Å². The second-order valence-corrected chi connectivity index (χ2v) is 5.49. The zero-order chi connectivity index (χ0) is 13.7. The maximum absolute atomic E-state index is 5.79. The lowest BCUT2D eigenvalue weighted by Gasteiger charge is -2.05. The molecular formula is C15H20N2OS. The number of benzene rings is 1. The van der Waals surface area contributed by atoms with E-state index in [4.69, 9.17) is 10.5 Å². The molecule has 0 aliphatic carbocycles. The number of nitrogens with zero attached hydrogens (tertiary/aromatic N) is 1. The molecule has 1 atom stereocenters. The largest absolute Gasteiger partial charge is 0.493 e. The Balaban J connectivity index is 1.81. The predicted octanol–water partition coefficient (Wildman–Crippen LogP) is 3.35. The summed E-state index contributed by atoms with van der Waals surface area (Å²) in [5, 5.41) is 3.10. The molecule has 0 bridgehead atoms. The van der Waals surface area contributed by atoms with Crippen molar-refractivity contribution in [2.75, 3.05) is 6.61 Å². The predicted molar refractivity (Wildman–Crippen MR) is 79.7 cm³/mol. The molecule has 4 heteroatoms. The van der Waals surface area contributed by atoms with Crippen molar-refractivity contribution in [3.8, 4) is 5.75 Å². The van der Waals surface area contributed by atoms with Gasteiger partial charge in [0, 0.05) is 17.8 Å². The summed E-state index contributed by atoms with van der Waals surface area (Å²) in [6.45, 7) is 4.75. The Morgan fingerprint density at radius 2 is 2.05 bits per heavy atom. The van der Waals surface area contributed by atoms with Gasteiger partial charge in [0.1, 0.15) is 5.75 Å². The van der Waals surface area contributed by atoms with E-state index < -0.39 is 0 Å². The number of nitrogens with two attached hydrogens (primary N) is 1. The van der Waals surface area contributed by atoms with E-state index in [1.807, 2.05) is 24.4 Å². The third kappa shape index (κ3) is 4.04. The van der Waals surface area contributed by atoms with Crippen LogP contribution in [-0.2, 0) is 12.8 Å². The van der Waals surface area contributed by atoms with Crippen LogP contribution in [-0.4, -0.2) is 11.6 Å². The fourth-order valence-electron chi connectivity index (χ4n) is 1.73. The Labute approximate surface area is 118 Å². The molecule has 1 heterocycles. The van der Waals surface area contributed by atoms with Crippen molar-refractivity contribution in [2.45, 2.75) is 32.7 Å². The number of hydrogen-bond donors (Lipinski definition) is 1. The van der Waals surface area contributed by atoms with Crippen LogP contribution in [0, 0.1) is 0 Å². The van der Waals surface area contributed by atoms with Gasteiger partial charge in [0.15, 0.2) is 0 Å². The number of rotatable bonds is 6. The van der Waals surface area contributed by atoms with Gasteiger partial charge in [-0.05, 0) is 31.0 Å². The van der Waals surface area contributed by atoms with Gasteiger partial charge in [0.05, 0.1) is 17.3 Å². The molecule has 1 aromatic heterocycles. The second kappa shape index (κ2) is 6.68. The number of thiazole rings is 1. The van der Waals surface area contributed by atoms with E-state index in [0.29, 0.717) is 6.61 Å². The van der Waals surface area contributed by atoms with Crippen LogP contribution in [0.2, 0.25) is 0 Å². The number of aromatic nitrogens is 1. The number of hydrogen-bond acceptors (Lipinski definition) is 4. The van der Waals surface area contributed by atoms with Crippen molar-refractivity contribution in [2.24, 2.45) is 5.73 Å². The molecule has 0 amide bonds. The Morgan fingerprint density at radius 1 is 1.32 bits per heavy atom. The van der Waals surface area contributed by atoms with Crippen LogP contribution >= 0.6 is 11.3 Å². The lowest BCUT2D eigenvalue weighted by molar-refractivity contribution is 0.321. The summed E-state index contributed by atoms with van der Waals surface area (Å²) in [6, 6.07) is 8.26. The molecule has 1 unspecified atom stereocenters. The monoisotopic (exact) mass is 276 g/mol. The van der Waals surface area contributed by atoms with E-state index in [1.165, 1.54) is 5.56 Å². The van der Waals surface area contributed by atoms with Gasteiger partial charge in [-0.15, -0.1) is 11.3 Å². The first kappa shape index (κ1) is 14.0. The smallest absolute Gasteiger partial charge is 0.119 e. The average molecular weight is 276 g/mol. The SMILES string of the molecule is CCc1ccc(OCCc2nc(C(C)N)cs2)cc1. The van der Waals surface area contributed by atoms with Gasteiger partial charge in [-0.25, -0.2) is 4.98 Å². The highest BCUT2D eigenvalue weighted by molar-refractivity contribution is 7.09. The van der Waals surface area contributed by atoms with Crippen molar-refractivity contribution >= 4 is 11.3 Å². The van der Waals surface area contributed by atoms with E-state index in [-0.39, 0.29) is 6.04 Å². The first-order valence-corrected chi connectivity index (χ1v) is 7.48. The topological polar surface area (TPSA) is 48.1 Å². The van der Waals surface area contributed by atoms with Crippen molar-refractivity contribution in [3.05, 3.63) is 45.9 Å². The van der Waals surface area contributed by atoms with E-state index in [1.54, 1.807) is 11.3 Å². The van der Waals surface area contributed by atoms with Gasteiger partial charge in [0.2, 0.25) is 0 Å². The molecular weight excluding hydrogens is 256 g/mol. The van der Waals surface area contributed by atoms with E-state index in [9.17, 15) is 0 Å². The molecule has 0 saturated heterocycles. The van der Waals surface area contributed by atoms with Gasteiger partial charge >= 0.3 is 0 Å². The highest BCUT2D eigenvalue weighted by atomic mass is 32.1. The molecule has 19 heavy (non-hydrogen) atoms. The summed E-state index contributed by atoms with van der Waals surface area (Å²) in [6.07, 6.45) is 1.88. The Kier molecular flexibility index (Phi) is 4.93. The fraction of sp³-hybridized carbons (Fsp3) is 0.400. The quantitative estimate of drug-likeness (QED) is 0.880. The normalized spacial score (nSPS) is 12.4. The summed E-state index contributed by atoms with van der Waals surface area (Å²) in [7, 11) is 0. The molecule has 0 radical (unpaired) electrons. The van der Waals surface area contributed by atoms with Crippen molar-refractivity contribution in [3.63, 3.8) is 0 Å². The summed E-state index contributed by atoms with van der Waals surface area (Å²) in [4.78, 5) is 4.48. The van der Waals surface area contributed by atoms with Crippen LogP contribution in [0.1, 0.15) is 36.2 Å². The molecule has 0 aliphatic heterocycles. The molecule has 0 fully saturated rings. The molecule has 2 aromatic rings. The Hall–Kier alpha value is -1.39. The molecule has 3 nitrogen and oxygen atoms in total. The van der Waals surface area contributed by atoms with Crippen molar-refractivity contribution in [1.29, 1.82) is 0 Å². The van der Waals surface area contributed by atoms with Crippen LogP contribution in [0.3, 0.4) is 0 Å². The fourth-order valence-corrected chi connectivity index (χ4v) is 2.61. The molecule has 0 spiro atoms. The van der Waals surface area contributed by atoms with Gasteiger partial charge in [-0.3, -0.25) is 0 Å². The minimum atomic E-state index is 0.00695. The van der Waals surface area contributed by atoms with Gasteiger partial charge in [-0.2, -0.15) is 0 Å². The second-order valence-electron chi connectivity index (χ2n) is 4.55. The maximum atomic E-state index is 5.79. The van der Waals surface area contributed by atoms with Crippen LogP contribution in [0.15, 0.2) is 29.6 Å². The zero-order valence-corrected chi connectivity index (χ0v) is 12.2. The standard InChI is InChI=1S/C15H20N2OS/c1-3-12-4-6-13(7-5-12)18-9-8-15-17-14(10-19-15)11(2)16/h4-7,10-11H,3,8-9,16H2,1-2H3. The van der Waals surface area contributed by atoms with E-state index >= 15 is 0 Å². The van der Waals surface area contributed by atoms with Gasteiger partial charge in [0.25, 0.3) is 0 Å². The molecule has 1 aromatic carbocycles. The number of ether oxygens (including phenoxy) is 1. The average Bonchev–Trinajstić information content (AvgIpc) is 2.89. The zero-order valence-electron chi connectivity index (χ0n) is 11.4. The summed E-state index contributed by atoms with van der Waals surface area (Å²) in [5.74, 6) is 0.918. The van der Waals surface area contributed by atoms with Crippen LogP contribution in [0.5, 0.6) is 5.75 Å². The Bertz CT molecular complexity index is 505. The maximum Gasteiger partial charge on any atom is 0.119 e. The third-order valence-corrected chi connectivity index (χ3v) is 3.88. The van der Waals surface area contributed by atoms with Crippen LogP contribution in [0.25, 0.3) is 0 Å². The first-order valence-electron chi connectivity index (χ1n) is 6.60. The highest BCUT2D eigenvalue weighted by Gasteiger charge is 2.05. The summed E-state index contributed by atoms with van der Waals surface area (Å²) in [5.41, 5.74) is 8.08. The van der Waals surface area contributed by atoms with Crippen LogP contribution < -0.4 is 10.5 Å². The molecule has 2 N–H and O–H groups in total. The molecule has 0 saturated carbocycles. The van der Waals surface area contributed by atoms with E-state index in [2.05, 4.69) is 24.0 Å². The molecule has 102 valence electrons. The van der Waals surface area contributed by atoms with Gasteiger partial charge < -0.3 is 10.5 Å². The lowest BCUT2D eigenvalue weighted by Crippen LogP contribution is -2.06. The summed E-state index contributed by atoms with van der Waals surface area (Å²) >= 11 is 1.65. The number of aryl methyl sites for hydroxylation is 1. The van der Waals surface area contributed by atoms with Crippen molar-refractivity contribution < 1.29 is 4.74 Å². The first-order chi connectivity index (χ1) is 9.19. The Morgan fingerprint density at radius 3 is 2.63 bits per heavy atom. The van der Waals surface area contributed by atoms with Gasteiger partial charge in [-0.1, -0.05) is 19.1 Å². The third-order valence-electron chi connectivity index (χ3n) is 2.95. The summed E-state index contributed by atoms with van der Waals surface area (Å²) < 4.78 is 5.71. The highest BCUT2D eigenvalue weighted by Crippen LogP contribution is 2.16. The minimum absolute atomic E-state index is 0.00695. The lowest BCUT2D eigenvalue weighted by atomic mass is 10.2. The van der Waals surface area contributed by atoms with E-state index in [0.717, 1.165) is 29.3 Å². The molecule has 0 aliphatic rings. The minimum Gasteiger partial charge on any atom is -0.493 e. The molecule has 2 rings (SSSR count). The van der Waals surface area contributed by atoms with Crippen molar-refractivity contribution in [1.82, 2.24) is 4.98 Å².